The third-order valence-electron chi connectivity index (χ3n) is 0.756. The lowest BCUT2D eigenvalue weighted by atomic mass is 10.7. The van der Waals surface area contributed by atoms with Gasteiger partial charge in [0, 0.05) is 18.5 Å². The molecular formula is C7H8N2O3. The monoisotopic (exact) mass is 168 g/mol. The summed E-state index contributed by atoms with van der Waals surface area (Å²) in [4.78, 5) is 25.1. The highest BCUT2D eigenvalue weighted by molar-refractivity contribution is 5.78. The zero-order valence-corrected chi connectivity index (χ0v) is 6.23. The number of carbonyl (C=O) groups is 1. The predicted molar refractivity (Wildman–Crippen MR) is 42.7 cm³/mol. The molecule has 0 aliphatic carbocycles. The topological polar surface area (TPSA) is 83.0 Å². The van der Waals surface area contributed by atoms with Gasteiger partial charge in [-0.1, -0.05) is 6.58 Å². The quantitative estimate of drug-likeness (QED) is 0.579. The van der Waals surface area contributed by atoms with E-state index in [1.807, 2.05) is 0 Å². The molecular weight excluding hydrogens is 160 g/mol. The number of hydrogen-bond acceptors (Lipinski definition) is 3. The summed E-state index contributed by atoms with van der Waals surface area (Å²) < 4.78 is 0. The summed E-state index contributed by atoms with van der Waals surface area (Å²) in [7, 11) is 0. The lowest BCUT2D eigenvalue weighted by molar-refractivity contribution is -0.131. The standard InChI is InChI=1S/C4H4N2O.C3H4O2/c7-4-5-2-1-3-6-4;1-2-3(4)5/h1-3H,(H,5,6,7);2H,1H2,(H,4,5). The Balaban J connectivity index is 0.000000217. The van der Waals surface area contributed by atoms with Crippen molar-refractivity contribution in [2.24, 2.45) is 0 Å². The van der Waals surface area contributed by atoms with E-state index < -0.39 is 5.97 Å². The van der Waals surface area contributed by atoms with Crippen molar-refractivity contribution in [3.8, 4) is 0 Å². The maximum Gasteiger partial charge on any atom is 0.344 e. The number of nitrogens with one attached hydrogen (secondary N) is 1. The van der Waals surface area contributed by atoms with E-state index in [1.54, 1.807) is 6.07 Å². The minimum atomic E-state index is -0.981. The molecule has 0 spiro atoms. The molecule has 64 valence electrons. The van der Waals surface area contributed by atoms with Crippen molar-refractivity contribution in [2.75, 3.05) is 0 Å². The number of carboxylic acid groups (broad SMARTS) is 1. The molecule has 0 saturated carbocycles. The Morgan fingerprint density at radius 3 is 2.50 bits per heavy atom. The summed E-state index contributed by atoms with van der Waals surface area (Å²) >= 11 is 0. The summed E-state index contributed by atoms with van der Waals surface area (Å²) in [6.07, 6.45) is 3.81. The molecule has 0 bridgehead atoms. The first-order valence-electron chi connectivity index (χ1n) is 3.02. The second-order valence-electron chi connectivity index (χ2n) is 1.63. The largest absolute Gasteiger partial charge is 0.478 e. The van der Waals surface area contributed by atoms with Crippen molar-refractivity contribution in [3.05, 3.63) is 41.6 Å². The van der Waals surface area contributed by atoms with Gasteiger partial charge in [0.15, 0.2) is 0 Å². The van der Waals surface area contributed by atoms with Crippen LogP contribution in [0, 0.1) is 0 Å². The van der Waals surface area contributed by atoms with E-state index in [2.05, 4.69) is 16.5 Å². The minimum Gasteiger partial charge on any atom is -0.478 e. The Kier molecular flexibility index (Phi) is 4.91. The van der Waals surface area contributed by atoms with E-state index in [-0.39, 0.29) is 5.69 Å². The van der Waals surface area contributed by atoms with Gasteiger partial charge >= 0.3 is 11.7 Å². The zero-order chi connectivity index (χ0) is 9.40. The van der Waals surface area contributed by atoms with Crippen LogP contribution in [0.2, 0.25) is 0 Å². The van der Waals surface area contributed by atoms with Gasteiger partial charge in [0.25, 0.3) is 0 Å². The molecule has 0 aromatic carbocycles. The fourth-order valence-electron chi connectivity index (χ4n) is 0.310. The van der Waals surface area contributed by atoms with Gasteiger partial charge in [-0.2, -0.15) is 0 Å². The van der Waals surface area contributed by atoms with Crippen LogP contribution in [0.4, 0.5) is 0 Å². The summed E-state index contributed by atoms with van der Waals surface area (Å²) in [5.41, 5.74) is -0.303. The third-order valence-corrected chi connectivity index (χ3v) is 0.756. The first-order chi connectivity index (χ1) is 5.66. The number of H-pyrrole nitrogens is 1. The molecule has 1 rings (SSSR count). The van der Waals surface area contributed by atoms with Crippen LogP contribution in [0.15, 0.2) is 35.9 Å². The predicted octanol–water partition coefficient (Wildman–Crippen LogP) is 0.0269. The Morgan fingerprint density at radius 2 is 2.33 bits per heavy atom. The molecule has 0 aliphatic heterocycles. The first kappa shape index (κ1) is 10.1. The molecule has 5 heteroatoms. The van der Waals surface area contributed by atoms with Crippen LogP contribution < -0.4 is 5.69 Å². The van der Waals surface area contributed by atoms with Gasteiger partial charge in [-0.05, 0) is 6.07 Å². The van der Waals surface area contributed by atoms with Crippen LogP contribution in [0.1, 0.15) is 0 Å². The molecule has 1 aromatic heterocycles. The highest BCUT2D eigenvalue weighted by Crippen LogP contribution is 1.61. The maximum absolute atomic E-state index is 10.1. The number of nitrogens with zero attached hydrogens (tertiary/aromatic N) is 1. The van der Waals surface area contributed by atoms with Gasteiger partial charge in [0.2, 0.25) is 0 Å². The highest BCUT2D eigenvalue weighted by atomic mass is 16.4. The average molecular weight is 168 g/mol. The fraction of sp³-hybridized carbons (Fsp3) is 0. The van der Waals surface area contributed by atoms with Crippen LogP contribution in [-0.2, 0) is 4.79 Å². The second kappa shape index (κ2) is 5.84. The lowest BCUT2D eigenvalue weighted by Gasteiger charge is -1.72. The molecule has 0 aliphatic rings. The normalized spacial score (nSPS) is 7.67. The molecule has 2 N–H and O–H groups in total. The number of carboxylic acids is 1. The molecule has 0 radical (unpaired) electrons. The molecule has 0 amide bonds. The average Bonchev–Trinajstić information content (AvgIpc) is 2.07. The van der Waals surface area contributed by atoms with Crippen molar-refractivity contribution in [1.82, 2.24) is 9.97 Å². The number of aromatic amines is 1. The van der Waals surface area contributed by atoms with Gasteiger partial charge < -0.3 is 10.1 Å². The highest BCUT2D eigenvalue weighted by Gasteiger charge is 1.73. The molecule has 1 heterocycles. The van der Waals surface area contributed by atoms with E-state index in [0.29, 0.717) is 0 Å². The van der Waals surface area contributed by atoms with Crippen LogP contribution >= 0.6 is 0 Å². The maximum atomic E-state index is 10.1. The zero-order valence-electron chi connectivity index (χ0n) is 6.23. The summed E-state index contributed by atoms with van der Waals surface area (Å²) in [5.74, 6) is -0.981. The Morgan fingerprint density at radius 1 is 1.75 bits per heavy atom. The molecule has 0 fully saturated rings. The van der Waals surface area contributed by atoms with Gasteiger partial charge in [-0.3, -0.25) is 0 Å². The van der Waals surface area contributed by atoms with Crippen LogP contribution in [0.25, 0.3) is 0 Å². The van der Waals surface area contributed by atoms with E-state index >= 15 is 0 Å². The molecule has 0 unspecified atom stereocenters. The number of aliphatic carboxylic acids is 1. The summed E-state index contributed by atoms with van der Waals surface area (Å²) in [6, 6.07) is 1.65. The number of aromatic nitrogens is 2. The van der Waals surface area contributed by atoms with Crippen molar-refractivity contribution in [1.29, 1.82) is 0 Å². The Hall–Kier alpha value is -1.91. The van der Waals surface area contributed by atoms with Gasteiger partial charge in [0.05, 0.1) is 0 Å². The number of hydrogen-bond donors (Lipinski definition) is 2. The minimum absolute atomic E-state index is 0.303. The van der Waals surface area contributed by atoms with Crippen molar-refractivity contribution in [3.63, 3.8) is 0 Å². The number of rotatable bonds is 1. The van der Waals surface area contributed by atoms with Crippen LogP contribution in [-0.4, -0.2) is 21.0 Å². The smallest absolute Gasteiger partial charge is 0.344 e. The van der Waals surface area contributed by atoms with Gasteiger partial charge in [-0.25, -0.2) is 14.6 Å². The van der Waals surface area contributed by atoms with Gasteiger partial charge in [-0.15, -0.1) is 0 Å². The van der Waals surface area contributed by atoms with E-state index in [1.165, 1.54) is 12.4 Å². The van der Waals surface area contributed by atoms with Gasteiger partial charge in [0.1, 0.15) is 0 Å². The van der Waals surface area contributed by atoms with E-state index in [9.17, 15) is 9.59 Å². The third kappa shape index (κ3) is 6.21. The Bertz CT molecular complexity index is 288. The molecule has 0 saturated heterocycles. The van der Waals surface area contributed by atoms with Crippen LogP contribution in [0.5, 0.6) is 0 Å². The van der Waals surface area contributed by atoms with Crippen molar-refractivity contribution < 1.29 is 9.90 Å². The molecule has 12 heavy (non-hydrogen) atoms. The summed E-state index contributed by atoms with van der Waals surface area (Å²) in [6.45, 7) is 2.96. The molecule has 1 aromatic rings. The van der Waals surface area contributed by atoms with Crippen molar-refractivity contribution in [2.45, 2.75) is 0 Å². The van der Waals surface area contributed by atoms with E-state index in [4.69, 9.17) is 5.11 Å². The fourth-order valence-corrected chi connectivity index (χ4v) is 0.310. The summed E-state index contributed by atoms with van der Waals surface area (Å²) in [5, 5.41) is 7.60. The molecule has 0 atom stereocenters. The second-order valence-corrected chi connectivity index (χ2v) is 1.63. The first-order valence-corrected chi connectivity index (χ1v) is 3.02. The SMILES string of the molecule is C=CC(=O)O.O=c1nccc[nH]1. The lowest BCUT2D eigenvalue weighted by Crippen LogP contribution is -2.05. The van der Waals surface area contributed by atoms with E-state index in [0.717, 1.165) is 6.08 Å². The molecule has 5 nitrogen and oxygen atoms in total. The Labute approximate surface area is 68.4 Å². The van der Waals surface area contributed by atoms with Crippen molar-refractivity contribution >= 4 is 5.97 Å². The van der Waals surface area contributed by atoms with Crippen LogP contribution in [0.3, 0.4) is 0 Å².